The van der Waals surface area contributed by atoms with Crippen LogP contribution in [0.2, 0.25) is 0 Å². The molecule has 1 heterocycles. The first-order valence-corrected chi connectivity index (χ1v) is 5.67. The smallest absolute Gasteiger partial charge is 0.248 e. The fraction of sp³-hybridized carbons (Fsp3) is 0.417. The Hall–Kier alpha value is -2.11. The first-order chi connectivity index (χ1) is 8.54. The molecule has 0 aliphatic heterocycles. The Morgan fingerprint density at radius 3 is 1.56 bits per heavy atom. The maximum Gasteiger partial charge on any atom is 0.336 e. The van der Waals surface area contributed by atoms with E-state index in [9.17, 15) is 14.4 Å². The Morgan fingerprint density at radius 1 is 0.833 bits per heavy atom. The fourth-order valence-corrected chi connectivity index (χ4v) is 1.49. The van der Waals surface area contributed by atoms with E-state index in [4.69, 9.17) is 0 Å². The lowest BCUT2D eigenvalue weighted by Crippen LogP contribution is -2.53. The maximum atomic E-state index is 12.0. The summed E-state index contributed by atoms with van der Waals surface area (Å²) in [7, 11) is 1.36. The van der Waals surface area contributed by atoms with Crippen molar-refractivity contribution in [2.45, 2.75) is 26.9 Å². The van der Waals surface area contributed by atoms with Crippen LogP contribution in [0.5, 0.6) is 0 Å². The molecule has 0 aromatic carbocycles. The molecular formula is C12H17N3O3. The minimum absolute atomic E-state index is 0.165. The molecule has 1 rings (SSSR count). The van der Waals surface area contributed by atoms with E-state index in [2.05, 4.69) is 0 Å². The van der Waals surface area contributed by atoms with Gasteiger partial charge in [-0.15, -0.1) is 0 Å². The highest BCUT2D eigenvalue weighted by Crippen LogP contribution is 1.79. The van der Waals surface area contributed by atoms with Crippen LogP contribution in [0.4, 0.5) is 0 Å². The highest BCUT2D eigenvalue weighted by Gasteiger charge is 2.10. The van der Waals surface area contributed by atoms with E-state index in [0.29, 0.717) is 0 Å². The van der Waals surface area contributed by atoms with Gasteiger partial charge >= 0.3 is 17.1 Å². The summed E-state index contributed by atoms with van der Waals surface area (Å²) >= 11 is 0. The van der Waals surface area contributed by atoms with Gasteiger partial charge in [-0.05, 0) is 13.8 Å². The van der Waals surface area contributed by atoms with Gasteiger partial charge in [0, 0.05) is 7.05 Å². The molecule has 6 nitrogen and oxygen atoms in total. The Kier molecular flexibility index (Phi) is 4.65. The standard InChI is InChI=1S/C12H17N3O3/c1-4-6-8-14-10(16)13(3)11(17)15(12(14)18)9-7-5-2/h4-7H,8-9H2,1-3H3. The zero-order chi connectivity index (χ0) is 13.7. The normalized spacial score (nSPS) is 11.7. The quantitative estimate of drug-likeness (QED) is 0.700. The van der Waals surface area contributed by atoms with Crippen molar-refractivity contribution in [2.75, 3.05) is 0 Å². The van der Waals surface area contributed by atoms with Crippen molar-refractivity contribution in [3.8, 4) is 0 Å². The molecule has 1 aromatic rings. The molecule has 0 N–H and O–H groups in total. The second-order valence-corrected chi connectivity index (χ2v) is 3.77. The van der Waals surface area contributed by atoms with Crippen LogP contribution in [-0.4, -0.2) is 13.7 Å². The Bertz CT molecular complexity index is 592. The van der Waals surface area contributed by atoms with Gasteiger partial charge in [0.2, 0.25) is 0 Å². The summed E-state index contributed by atoms with van der Waals surface area (Å²) in [5.41, 5.74) is -1.78. The van der Waals surface area contributed by atoms with Gasteiger partial charge in [0.15, 0.2) is 0 Å². The van der Waals surface area contributed by atoms with Crippen LogP contribution in [0, 0.1) is 0 Å². The molecule has 0 fully saturated rings. The zero-order valence-corrected chi connectivity index (χ0v) is 10.8. The van der Waals surface area contributed by atoms with Crippen LogP contribution in [0.25, 0.3) is 0 Å². The number of aromatic nitrogens is 3. The van der Waals surface area contributed by atoms with Crippen LogP contribution < -0.4 is 17.1 Å². The predicted molar refractivity (Wildman–Crippen MR) is 69.8 cm³/mol. The number of hydrogen-bond acceptors (Lipinski definition) is 3. The molecule has 6 heteroatoms. The molecule has 18 heavy (non-hydrogen) atoms. The lowest BCUT2D eigenvalue weighted by atomic mass is 10.5. The number of hydrogen-bond donors (Lipinski definition) is 0. The van der Waals surface area contributed by atoms with Gasteiger partial charge in [-0.25, -0.2) is 28.1 Å². The summed E-state index contributed by atoms with van der Waals surface area (Å²) in [6, 6.07) is 0. The monoisotopic (exact) mass is 251 g/mol. The molecule has 0 amide bonds. The molecule has 0 saturated heterocycles. The molecule has 0 radical (unpaired) electrons. The van der Waals surface area contributed by atoms with Gasteiger partial charge in [0.05, 0.1) is 13.1 Å². The van der Waals surface area contributed by atoms with Crippen molar-refractivity contribution in [1.82, 2.24) is 13.7 Å². The highest BCUT2D eigenvalue weighted by atomic mass is 16.2. The average molecular weight is 251 g/mol. The minimum Gasteiger partial charge on any atom is -0.248 e. The average Bonchev–Trinajstić information content (AvgIpc) is 2.36. The van der Waals surface area contributed by atoms with Crippen molar-refractivity contribution in [2.24, 2.45) is 7.05 Å². The molecule has 0 atom stereocenters. The molecule has 0 spiro atoms. The van der Waals surface area contributed by atoms with E-state index in [-0.39, 0.29) is 13.1 Å². The summed E-state index contributed by atoms with van der Waals surface area (Å²) in [5.74, 6) is 0. The van der Waals surface area contributed by atoms with Crippen molar-refractivity contribution in [3.63, 3.8) is 0 Å². The first kappa shape index (κ1) is 14.0. The van der Waals surface area contributed by atoms with Crippen LogP contribution in [-0.2, 0) is 20.1 Å². The Morgan fingerprint density at radius 2 is 1.22 bits per heavy atom. The summed E-state index contributed by atoms with van der Waals surface area (Å²) in [4.78, 5) is 35.6. The van der Waals surface area contributed by atoms with Crippen LogP contribution in [0.15, 0.2) is 38.7 Å². The third-order valence-corrected chi connectivity index (χ3v) is 2.54. The third-order valence-electron chi connectivity index (χ3n) is 2.54. The fourth-order valence-electron chi connectivity index (χ4n) is 1.49. The van der Waals surface area contributed by atoms with Crippen LogP contribution in [0.3, 0.4) is 0 Å². The molecule has 98 valence electrons. The van der Waals surface area contributed by atoms with Gasteiger partial charge in [-0.3, -0.25) is 0 Å². The van der Waals surface area contributed by atoms with Gasteiger partial charge < -0.3 is 0 Å². The van der Waals surface area contributed by atoms with Gasteiger partial charge in [0.25, 0.3) is 0 Å². The van der Waals surface area contributed by atoms with E-state index in [0.717, 1.165) is 13.7 Å². The van der Waals surface area contributed by atoms with Crippen molar-refractivity contribution >= 4 is 0 Å². The molecule has 0 aliphatic rings. The maximum absolute atomic E-state index is 12.0. The van der Waals surface area contributed by atoms with Gasteiger partial charge in [-0.2, -0.15) is 0 Å². The first-order valence-electron chi connectivity index (χ1n) is 5.67. The van der Waals surface area contributed by atoms with Crippen molar-refractivity contribution < 1.29 is 0 Å². The highest BCUT2D eigenvalue weighted by molar-refractivity contribution is 4.86. The summed E-state index contributed by atoms with van der Waals surface area (Å²) in [6.07, 6.45) is 6.86. The SMILES string of the molecule is CC=CCn1c(=O)n(C)c(=O)n(CC=CC)c1=O. The Balaban J connectivity index is 3.54. The lowest BCUT2D eigenvalue weighted by Gasteiger charge is -2.08. The van der Waals surface area contributed by atoms with Gasteiger partial charge in [-0.1, -0.05) is 24.3 Å². The molecule has 1 aromatic heterocycles. The summed E-state index contributed by atoms with van der Waals surface area (Å²) < 4.78 is 3.00. The predicted octanol–water partition coefficient (Wildman–Crippen LogP) is -0.139. The molecule has 0 bridgehead atoms. The number of nitrogens with zero attached hydrogens (tertiary/aromatic N) is 3. The third kappa shape index (κ3) is 2.58. The number of allylic oxidation sites excluding steroid dienone is 4. The second-order valence-electron chi connectivity index (χ2n) is 3.77. The van der Waals surface area contributed by atoms with E-state index < -0.39 is 17.1 Å². The van der Waals surface area contributed by atoms with E-state index in [1.807, 2.05) is 0 Å². The minimum atomic E-state index is -0.597. The van der Waals surface area contributed by atoms with E-state index >= 15 is 0 Å². The Labute approximate surface area is 104 Å². The van der Waals surface area contributed by atoms with Crippen LogP contribution in [0.1, 0.15) is 13.8 Å². The summed E-state index contributed by atoms with van der Waals surface area (Å²) in [5, 5.41) is 0. The zero-order valence-electron chi connectivity index (χ0n) is 10.8. The van der Waals surface area contributed by atoms with Crippen molar-refractivity contribution in [1.29, 1.82) is 0 Å². The van der Waals surface area contributed by atoms with Crippen molar-refractivity contribution in [3.05, 3.63) is 55.8 Å². The topological polar surface area (TPSA) is 66.0 Å². The molecule has 0 saturated carbocycles. The molecule has 0 unspecified atom stereocenters. The molecule has 0 aliphatic carbocycles. The van der Waals surface area contributed by atoms with Gasteiger partial charge in [0.1, 0.15) is 0 Å². The van der Waals surface area contributed by atoms with E-state index in [1.165, 1.54) is 7.05 Å². The largest absolute Gasteiger partial charge is 0.336 e. The summed E-state index contributed by atoms with van der Waals surface area (Å²) in [6.45, 7) is 3.92. The number of rotatable bonds is 4. The molecular weight excluding hydrogens is 234 g/mol. The second kappa shape index (κ2) is 6.00. The van der Waals surface area contributed by atoms with E-state index in [1.54, 1.807) is 38.2 Å². The lowest BCUT2D eigenvalue weighted by molar-refractivity contribution is 0.516. The van der Waals surface area contributed by atoms with Crippen LogP contribution >= 0.6 is 0 Å².